The van der Waals surface area contributed by atoms with Gasteiger partial charge in [-0.05, 0) is 25.2 Å². The predicted octanol–water partition coefficient (Wildman–Crippen LogP) is 1.44. The SMILES string of the molecule is CNC(=O)CCCOC1(CN)CCCC(C)C1. The Balaban J connectivity index is 2.29. The fourth-order valence-corrected chi connectivity index (χ4v) is 2.63. The Hall–Kier alpha value is -0.610. The van der Waals surface area contributed by atoms with E-state index in [-0.39, 0.29) is 11.5 Å². The van der Waals surface area contributed by atoms with Crippen LogP contribution in [-0.2, 0) is 9.53 Å². The largest absolute Gasteiger partial charge is 0.374 e. The highest BCUT2D eigenvalue weighted by Crippen LogP contribution is 2.34. The van der Waals surface area contributed by atoms with E-state index in [1.807, 2.05) is 0 Å². The molecule has 0 heterocycles. The number of nitrogens with one attached hydrogen (secondary N) is 1. The average Bonchev–Trinajstić information content (AvgIpc) is 2.34. The standard InChI is InChI=1S/C13H26N2O2/c1-11-5-3-7-13(9-11,10-14)17-8-4-6-12(16)15-2/h11H,3-10,14H2,1-2H3,(H,15,16). The first-order chi connectivity index (χ1) is 8.12. The highest BCUT2D eigenvalue weighted by atomic mass is 16.5. The monoisotopic (exact) mass is 242 g/mol. The van der Waals surface area contributed by atoms with E-state index in [0.29, 0.717) is 25.5 Å². The zero-order valence-corrected chi connectivity index (χ0v) is 11.1. The van der Waals surface area contributed by atoms with Crippen LogP contribution in [-0.4, -0.2) is 31.7 Å². The molecular formula is C13H26N2O2. The molecule has 2 unspecified atom stereocenters. The van der Waals surface area contributed by atoms with Crippen molar-refractivity contribution in [2.75, 3.05) is 20.2 Å². The molecule has 1 aliphatic carbocycles. The van der Waals surface area contributed by atoms with Gasteiger partial charge in [0.25, 0.3) is 0 Å². The van der Waals surface area contributed by atoms with Crippen LogP contribution < -0.4 is 11.1 Å². The fourth-order valence-electron chi connectivity index (χ4n) is 2.63. The van der Waals surface area contributed by atoms with Crippen LogP contribution >= 0.6 is 0 Å². The van der Waals surface area contributed by atoms with E-state index in [9.17, 15) is 4.79 Å². The molecule has 1 aliphatic rings. The second-order valence-corrected chi connectivity index (χ2v) is 5.21. The van der Waals surface area contributed by atoms with Gasteiger partial charge < -0.3 is 15.8 Å². The summed E-state index contributed by atoms with van der Waals surface area (Å²) in [6.07, 6.45) is 5.91. The van der Waals surface area contributed by atoms with Crippen molar-refractivity contribution >= 4 is 5.91 Å². The quantitative estimate of drug-likeness (QED) is 0.693. The summed E-state index contributed by atoms with van der Waals surface area (Å²) < 4.78 is 5.98. The minimum Gasteiger partial charge on any atom is -0.374 e. The first-order valence-corrected chi connectivity index (χ1v) is 6.66. The second-order valence-electron chi connectivity index (χ2n) is 5.21. The average molecular weight is 242 g/mol. The minimum absolute atomic E-state index is 0.0763. The summed E-state index contributed by atoms with van der Waals surface area (Å²) >= 11 is 0. The summed E-state index contributed by atoms with van der Waals surface area (Å²) in [5.41, 5.74) is 5.74. The molecule has 0 aliphatic heterocycles. The topological polar surface area (TPSA) is 64.3 Å². The van der Waals surface area contributed by atoms with E-state index >= 15 is 0 Å². The van der Waals surface area contributed by atoms with Crippen molar-refractivity contribution in [1.29, 1.82) is 0 Å². The number of amides is 1. The molecule has 0 radical (unpaired) electrons. The number of nitrogens with two attached hydrogens (primary N) is 1. The number of hydrogen-bond acceptors (Lipinski definition) is 3. The van der Waals surface area contributed by atoms with Crippen LogP contribution in [0.1, 0.15) is 45.4 Å². The Kier molecular flexibility index (Phi) is 5.92. The van der Waals surface area contributed by atoms with Crippen LogP contribution in [0.3, 0.4) is 0 Å². The molecule has 4 nitrogen and oxygen atoms in total. The molecule has 4 heteroatoms. The van der Waals surface area contributed by atoms with Gasteiger partial charge in [-0.1, -0.05) is 19.8 Å². The van der Waals surface area contributed by atoms with Gasteiger partial charge >= 0.3 is 0 Å². The van der Waals surface area contributed by atoms with Gasteiger partial charge in [0.05, 0.1) is 5.60 Å². The van der Waals surface area contributed by atoms with Crippen molar-refractivity contribution in [2.45, 2.75) is 51.0 Å². The Morgan fingerprint density at radius 1 is 1.59 bits per heavy atom. The van der Waals surface area contributed by atoms with Gasteiger partial charge in [0.1, 0.15) is 0 Å². The molecule has 2 atom stereocenters. The molecule has 0 saturated heterocycles. The van der Waals surface area contributed by atoms with E-state index in [1.54, 1.807) is 7.05 Å². The van der Waals surface area contributed by atoms with E-state index < -0.39 is 0 Å². The number of carbonyl (C=O) groups is 1. The van der Waals surface area contributed by atoms with Crippen molar-refractivity contribution < 1.29 is 9.53 Å². The van der Waals surface area contributed by atoms with Crippen molar-refractivity contribution in [3.05, 3.63) is 0 Å². The third-order valence-electron chi connectivity index (χ3n) is 3.66. The molecule has 17 heavy (non-hydrogen) atoms. The third-order valence-corrected chi connectivity index (χ3v) is 3.66. The van der Waals surface area contributed by atoms with Crippen LogP contribution in [0.4, 0.5) is 0 Å². The summed E-state index contributed by atoms with van der Waals surface area (Å²) in [6.45, 7) is 3.49. The Bertz CT molecular complexity index is 246. The highest BCUT2D eigenvalue weighted by Gasteiger charge is 2.34. The number of carbonyl (C=O) groups excluding carboxylic acids is 1. The molecule has 0 aromatic carbocycles. The molecule has 1 amide bonds. The smallest absolute Gasteiger partial charge is 0.219 e. The summed E-state index contributed by atoms with van der Waals surface area (Å²) in [6, 6.07) is 0. The van der Waals surface area contributed by atoms with Gasteiger partial charge in [-0.15, -0.1) is 0 Å². The lowest BCUT2D eigenvalue weighted by atomic mass is 9.79. The molecule has 0 spiro atoms. The van der Waals surface area contributed by atoms with Gasteiger partial charge in [-0.25, -0.2) is 0 Å². The minimum atomic E-state index is -0.125. The lowest BCUT2D eigenvalue weighted by molar-refractivity contribution is -0.122. The zero-order chi connectivity index (χ0) is 12.7. The summed E-state index contributed by atoms with van der Waals surface area (Å²) in [5.74, 6) is 0.777. The van der Waals surface area contributed by atoms with Crippen LogP contribution in [0.15, 0.2) is 0 Å². The zero-order valence-electron chi connectivity index (χ0n) is 11.1. The van der Waals surface area contributed by atoms with Gasteiger partial charge in [0, 0.05) is 26.6 Å². The number of hydrogen-bond donors (Lipinski definition) is 2. The predicted molar refractivity (Wildman–Crippen MR) is 68.7 cm³/mol. The van der Waals surface area contributed by atoms with Crippen LogP contribution in [0.5, 0.6) is 0 Å². The Labute approximate surface area is 104 Å². The molecule has 1 saturated carbocycles. The number of rotatable bonds is 6. The normalized spacial score (nSPS) is 29.0. The molecule has 1 rings (SSSR count). The Morgan fingerprint density at radius 2 is 2.35 bits per heavy atom. The van der Waals surface area contributed by atoms with Gasteiger partial charge in [0.15, 0.2) is 0 Å². The first-order valence-electron chi connectivity index (χ1n) is 6.66. The van der Waals surface area contributed by atoms with Crippen molar-refractivity contribution in [2.24, 2.45) is 11.7 Å². The first kappa shape index (κ1) is 14.5. The van der Waals surface area contributed by atoms with E-state index in [0.717, 1.165) is 19.3 Å². The Morgan fingerprint density at radius 3 is 2.94 bits per heavy atom. The van der Waals surface area contributed by atoms with Crippen molar-refractivity contribution in [1.82, 2.24) is 5.32 Å². The lowest BCUT2D eigenvalue weighted by Gasteiger charge is -2.39. The van der Waals surface area contributed by atoms with Crippen LogP contribution in [0.2, 0.25) is 0 Å². The van der Waals surface area contributed by atoms with Crippen molar-refractivity contribution in [3.8, 4) is 0 Å². The molecular weight excluding hydrogens is 216 g/mol. The third kappa shape index (κ3) is 4.64. The fraction of sp³-hybridized carbons (Fsp3) is 0.923. The maximum Gasteiger partial charge on any atom is 0.219 e. The van der Waals surface area contributed by atoms with Crippen molar-refractivity contribution in [3.63, 3.8) is 0 Å². The molecule has 3 N–H and O–H groups in total. The summed E-state index contributed by atoms with van der Waals surface area (Å²) in [4.78, 5) is 11.1. The summed E-state index contributed by atoms with van der Waals surface area (Å²) in [5, 5.41) is 2.61. The molecule has 0 aromatic rings. The van der Waals surface area contributed by atoms with E-state index in [2.05, 4.69) is 12.2 Å². The summed E-state index contributed by atoms with van der Waals surface area (Å²) in [7, 11) is 1.66. The second kappa shape index (κ2) is 6.97. The molecule has 0 bridgehead atoms. The molecule has 0 aromatic heterocycles. The van der Waals surface area contributed by atoms with E-state index in [1.165, 1.54) is 12.8 Å². The van der Waals surface area contributed by atoms with E-state index in [4.69, 9.17) is 10.5 Å². The van der Waals surface area contributed by atoms with Gasteiger partial charge in [-0.2, -0.15) is 0 Å². The molecule has 1 fully saturated rings. The van der Waals surface area contributed by atoms with Gasteiger partial charge in [0.2, 0.25) is 5.91 Å². The van der Waals surface area contributed by atoms with Gasteiger partial charge in [-0.3, -0.25) is 4.79 Å². The highest BCUT2D eigenvalue weighted by molar-refractivity contribution is 5.75. The number of ether oxygens (including phenoxy) is 1. The van der Waals surface area contributed by atoms with Crippen LogP contribution in [0, 0.1) is 5.92 Å². The van der Waals surface area contributed by atoms with Crippen LogP contribution in [0.25, 0.3) is 0 Å². The lowest BCUT2D eigenvalue weighted by Crippen LogP contribution is -2.44. The maximum atomic E-state index is 11.1. The maximum absolute atomic E-state index is 11.1. The molecule has 100 valence electrons.